The van der Waals surface area contributed by atoms with E-state index in [2.05, 4.69) is 5.10 Å². The smallest absolute Gasteiger partial charge is 0.378 e. The van der Waals surface area contributed by atoms with E-state index in [1.165, 1.54) is 10.9 Å². The summed E-state index contributed by atoms with van der Waals surface area (Å²) in [6.45, 7) is 1.66. The maximum absolute atomic E-state index is 11.6. The molecule has 0 fully saturated rings. The van der Waals surface area contributed by atoms with E-state index in [4.69, 9.17) is 5.11 Å². The number of para-hydroxylation sites is 1. The Hall–Kier alpha value is -2.43. The topological polar surface area (TPSA) is 72.2 Å². The first kappa shape index (κ1) is 11.1. The second kappa shape index (κ2) is 4.21. The SMILES string of the molecule is Cc1cnn(-c2ccccc2)c1C(=O)C(=O)O. The summed E-state index contributed by atoms with van der Waals surface area (Å²) in [7, 11) is 0. The molecule has 0 saturated heterocycles. The fraction of sp³-hybridized carbons (Fsp3) is 0.0833. The largest absolute Gasteiger partial charge is 0.475 e. The van der Waals surface area contributed by atoms with Crippen molar-refractivity contribution in [3.05, 3.63) is 47.8 Å². The molecule has 5 nitrogen and oxygen atoms in total. The van der Waals surface area contributed by atoms with Crippen LogP contribution in [0.2, 0.25) is 0 Å². The molecule has 17 heavy (non-hydrogen) atoms. The summed E-state index contributed by atoms with van der Waals surface area (Å²) in [6.07, 6.45) is 1.48. The lowest BCUT2D eigenvalue weighted by Crippen LogP contribution is -2.18. The van der Waals surface area contributed by atoms with Crippen LogP contribution in [0.15, 0.2) is 36.5 Å². The van der Waals surface area contributed by atoms with Crippen molar-refractivity contribution >= 4 is 11.8 Å². The molecule has 86 valence electrons. The van der Waals surface area contributed by atoms with Gasteiger partial charge < -0.3 is 5.11 Å². The number of carbonyl (C=O) groups excluding carboxylic acids is 1. The Balaban J connectivity index is 2.58. The molecular formula is C12H10N2O3. The highest BCUT2D eigenvalue weighted by atomic mass is 16.4. The Labute approximate surface area is 97.3 Å². The molecule has 0 atom stereocenters. The highest BCUT2D eigenvalue weighted by molar-refractivity contribution is 6.39. The third-order valence-electron chi connectivity index (χ3n) is 2.36. The van der Waals surface area contributed by atoms with Crippen LogP contribution < -0.4 is 0 Å². The fourth-order valence-electron chi connectivity index (χ4n) is 1.57. The maximum atomic E-state index is 11.6. The lowest BCUT2D eigenvalue weighted by molar-refractivity contribution is -0.131. The van der Waals surface area contributed by atoms with Crippen molar-refractivity contribution in [1.29, 1.82) is 0 Å². The number of nitrogens with zero attached hydrogens (tertiary/aromatic N) is 2. The average Bonchev–Trinajstić information content (AvgIpc) is 2.71. The molecule has 0 bridgehead atoms. The molecule has 1 heterocycles. The number of carbonyl (C=O) groups is 2. The van der Waals surface area contributed by atoms with Crippen molar-refractivity contribution in [2.75, 3.05) is 0 Å². The van der Waals surface area contributed by atoms with Crippen LogP contribution in [-0.2, 0) is 4.79 Å². The summed E-state index contributed by atoms with van der Waals surface area (Å²) in [5, 5.41) is 12.8. The number of hydrogen-bond donors (Lipinski definition) is 1. The molecule has 0 aliphatic carbocycles. The maximum Gasteiger partial charge on any atom is 0.378 e. The van der Waals surface area contributed by atoms with Crippen LogP contribution in [0.25, 0.3) is 5.69 Å². The molecule has 1 aromatic carbocycles. The Morgan fingerprint density at radius 1 is 1.24 bits per heavy atom. The van der Waals surface area contributed by atoms with Gasteiger partial charge in [0.25, 0.3) is 5.78 Å². The Bertz CT molecular complexity index is 573. The van der Waals surface area contributed by atoms with Gasteiger partial charge >= 0.3 is 5.97 Å². The van der Waals surface area contributed by atoms with Crippen LogP contribution in [0, 0.1) is 6.92 Å². The predicted octanol–water partition coefficient (Wildman–Crippen LogP) is 1.45. The normalized spacial score (nSPS) is 10.2. The summed E-state index contributed by atoms with van der Waals surface area (Å²) in [6, 6.07) is 8.93. The number of hydrogen-bond acceptors (Lipinski definition) is 3. The van der Waals surface area contributed by atoms with Crippen LogP contribution >= 0.6 is 0 Å². The molecule has 0 radical (unpaired) electrons. The number of ketones is 1. The quantitative estimate of drug-likeness (QED) is 0.639. The van der Waals surface area contributed by atoms with Gasteiger partial charge in [-0.25, -0.2) is 9.48 Å². The summed E-state index contributed by atoms with van der Waals surface area (Å²) >= 11 is 0. The van der Waals surface area contributed by atoms with Crippen molar-refractivity contribution in [2.45, 2.75) is 6.92 Å². The van der Waals surface area contributed by atoms with E-state index in [-0.39, 0.29) is 5.69 Å². The van der Waals surface area contributed by atoms with Crippen molar-refractivity contribution in [2.24, 2.45) is 0 Å². The zero-order chi connectivity index (χ0) is 12.4. The molecule has 2 aromatic rings. The van der Waals surface area contributed by atoms with Gasteiger partial charge in [0.05, 0.1) is 11.9 Å². The van der Waals surface area contributed by atoms with Gasteiger partial charge in [-0.3, -0.25) is 4.79 Å². The van der Waals surface area contributed by atoms with Crippen LogP contribution in [0.1, 0.15) is 16.1 Å². The van der Waals surface area contributed by atoms with Crippen LogP contribution in [-0.4, -0.2) is 26.6 Å². The number of rotatable bonds is 3. The van der Waals surface area contributed by atoms with E-state index >= 15 is 0 Å². The summed E-state index contributed by atoms with van der Waals surface area (Å²) in [4.78, 5) is 22.3. The predicted molar refractivity (Wildman–Crippen MR) is 60.3 cm³/mol. The van der Waals surface area contributed by atoms with Crippen molar-refractivity contribution in [3.63, 3.8) is 0 Å². The number of aryl methyl sites for hydroxylation is 1. The van der Waals surface area contributed by atoms with Crippen LogP contribution in [0.3, 0.4) is 0 Å². The van der Waals surface area contributed by atoms with Gasteiger partial charge in [-0.15, -0.1) is 0 Å². The van der Waals surface area contributed by atoms with Crippen molar-refractivity contribution in [1.82, 2.24) is 9.78 Å². The number of carboxylic acid groups (broad SMARTS) is 1. The molecule has 0 amide bonds. The number of carboxylic acids is 1. The standard InChI is InChI=1S/C12H10N2O3/c1-8-7-13-14(9-5-3-2-4-6-9)10(8)11(15)12(16)17/h2-7H,1H3,(H,16,17). The molecule has 0 unspecified atom stereocenters. The molecule has 5 heteroatoms. The van der Waals surface area contributed by atoms with Gasteiger partial charge in [0.2, 0.25) is 0 Å². The van der Waals surface area contributed by atoms with E-state index in [1.807, 2.05) is 6.07 Å². The highest BCUT2D eigenvalue weighted by Crippen LogP contribution is 2.14. The molecule has 0 aliphatic rings. The second-order valence-corrected chi connectivity index (χ2v) is 3.56. The first-order valence-corrected chi connectivity index (χ1v) is 4.99. The average molecular weight is 230 g/mol. The lowest BCUT2D eigenvalue weighted by atomic mass is 10.2. The molecule has 0 saturated carbocycles. The van der Waals surface area contributed by atoms with Crippen molar-refractivity contribution < 1.29 is 14.7 Å². The molecule has 1 N–H and O–H groups in total. The van der Waals surface area contributed by atoms with Gasteiger partial charge in [-0.2, -0.15) is 5.10 Å². The van der Waals surface area contributed by atoms with Gasteiger partial charge in [0, 0.05) is 0 Å². The lowest BCUT2D eigenvalue weighted by Gasteiger charge is -2.05. The number of benzene rings is 1. The zero-order valence-electron chi connectivity index (χ0n) is 9.12. The minimum atomic E-state index is -1.48. The molecule has 0 aliphatic heterocycles. The van der Waals surface area contributed by atoms with Crippen LogP contribution in [0.4, 0.5) is 0 Å². The zero-order valence-corrected chi connectivity index (χ0v) is 9.12. The highest BCUT2D eigenvalue weighted by Gasteiger charge is 2.22. The fourth-order valence-corrected chi connectivity index (χ4v) is 1.57. The molecule has 2 rings (SSSR count). The first-order chi connectivity index (χ1) is 8.11. The molecule has 0 spiro atoms. The van der Waals surface area contributed by atoms with E-state index in [9.17, 15) is 9.59 Å². The second-order valence-electron chi connectivity index (χ2n) is 3.56. The molecule has 1 aromatic heterocycles. The minimum Gasteiger partial charge on any atom is -0.475 e. The van der Waals surface area contributed by atoms with Gasteiger partial charge in [-0.1, -0.05) is 18.2 Å². The van der Waals surface area contributed by atoms with E-state index in [0.717, 1.165) is 0 Å². The Morgan fingerprint density at radius 3 is 2.47 bits per heavy atom. The monoisotopic (exact) mass is 230 g/mol. The summed E-state index contributed by atoms with van der Waals surface area (Å²) < 4.78 is 1.34. The van der Waals surface area contributed by atoms with Gasteiger partial charge in [0.15, 0.2) is 0 Å². The summed E-state index contributed by atoms with van der Waals surface area (Å²) in [5.41, 5.74) is 1.29. The van der Waals surface area contributed by atoms with E-state index < -0.39 is 11.8 Å². The first-order valence-electron chi connectivity index (χ1n) is 4.99. The Morgan fingerprint density at radius 2 is 1.88 bits per heavy atom. The molecular weight excluding hydrogens is 220 g/mol. The Kier molecular flexibility index (Phi) is 2.74. The third-order valence-corrected chi connectivity index (χ3v) is 2.36. The van der Waals surface area contributed by atoms with Crippen LogP contribution in [0.5, 0.6) is 0 Å². The number of Topliss-reactive ketones (excluding diaryl/α,β-unsaturated/α-hetero) is 1. The number of aliphatic carboxylic acids is 1. The van der Waals surface area contributed by atoms with E-state index in [1.54, 1.807) is 31.2 Å². The number of aromatic nitrogens is 2. The third kappa shape index (κ3) is 1.94. The minimum absolute atomic E-state index is 0.0868. The van der Waals surface area contributed by atoms with Crippen molar-refractivity contribution in [3.8, 4) is 5.69 Å². The van der Waals surface area contributed by atoms with Gasteiger partial charge in [0.1, 0.15) is 5.69 Å². The van der Waals surface area contributed by atoms with Gasteiger partial charge in [-0.05, 0) is 24.6 Å². The summed E-state index contributed by atoms with van der Waals surface area (Å²) in [5.74, 6) is -2.44. The van der Waals surface area contributed by atoms with E-state index in [0.29, 0.717) is 11.3 Å².